The number of nitrogens with one attached hydrogen (secondary N) is 1. The maximum absolute atomic E-state index is 11.9. The highest BCUT2D eigenvalue weighted by Crippen LogP contribution is 2.23. The van der Waals surface area contributed by atoms with Gasteiger partial charge in [0, 0.05) is 10.0 Å². The van der Waals surface area contributed by atoms with Crippen molar-refractivity contribution in [3.05, 3.63) is 33.3 Å². The minimum Gasteiger partial charge on any atom is -0.480 e. The van der Waals surface area contributed by atoms with Crippen LogP contribution in [-0.4, -0.2) is 35.0 Å². The number of carboxylic acids is 1. The Labute approximate surface area is 129 Å². The van der Waals surface area contributed by atoms with Gasteiger partial charge in [-0.2, -0.15) is 11.8 Å². The molecule has 0 unspecified atom stereocenters. The Morgan fingerprint density at radius 3 is 2.74 bits per heavy atom. The van der Waals surface area contributed by atoms with Crippen LogP contribution in [0.3, 0.4) is 0 Å². The van der Waals surface area contributed by atoms with E-state index >= 15 is 0 Å². The summed E-state index contributed by atoms with van der Waals surface area (Å²) in [5.74, 6) is -0.813. The molecule has 104 valence electrons. The molecule has 0 radical (unpaired) electrons. The maximum Gasteiger partial charge on any atom is 0.326 e. The monoisotopic (exact) mass is 365 g/mol. The second kappa shape index (κ2) is 7.77. The van der Waals surface area contributed by atoms with Gasteiger partial charge in [0.1, 0.15) is 6.04 Å². The first kappa shape index (κ1) is 16.3. The van der Waals surface area contributed by atoms with Crippen LogP contribution in [0.4, 0.5) is 0 Å². The molecule has 0 saturated carbocycles. The van der Waals surface area contributed by atoms with Gasteiger partial charge in [-0.05, 0) is 52.6 Å². The molecule has 7 heteroatoms. The summed E-state index contributed by atoms with van der Waals surface area (Å²) in [6.07, 6.45) is 2.27. The molecular weight excluding hydrogens is 354 g/mol. The van der Waals surface area contributed by atoms with Crippen LogP contribution in [-0.2, 0) is 4.79 Å². The number of carbonyl (C=O) groups is 2. The molecule has 1 amide bonds. The molecule has 19 heavy (non-hydrogen) atoms. The number of halogens is 2. The summed E-state index contributed by atoms with van der Waals surface area (Å²) in [6, 6.07) is 3.84. The van der Waals surface area contributed by atoms with Crippen LogP contribution >= 0.6 is 39.3 Å². The van der Waals surface area contributed by atoms with Gasteiger partial charge < -0.3 is 10.4 Å². The number of hydrogen-bond acceptors (Lipinski definition) is 3. The molecule has 0 spiro atoms. The predicted molar refractivity (Wildman–Crippen MR) is 81.0 cm³/mol. The zero-order chi connectivity index (χ0) is 14.4. The molecule has 1 rings (SSSR count). The molecule has 1 atom stereocenters. The number of rotatable bonds is 6. The van der Waals surface area contributed by atoms with Crippen molar-refractivity contribution >= 4 is 51.2 Å². The van der Waals surface area contributed by atoms with Gasteiger partial charge in [0.2, 0.25) is 0 Å². The summed E-state index contributed by atoms with van der Waals surface area (Å²) in [4.78, 5) is 23.0. The summed E-state index contributed by atoms with van der Waals surface area (Å²) in [5.41, 5.74) is 0.337. The highest BCUT2D eigenvalue weighted by molar-refractivity contribution is 9.10. The minimum atomic E-state index is -1.04. The number of carboxylic acid groups (broad SMARTS) is 1. The van der Waals surface area contributed by atoms with Gasteiger partial charge in [0.05, 0.1) is 5.02 Å². The molecule has 0 aliphatic rings. The average Bonchev–Trinajstić information content (AvgIpc) is 2.37. The second-order valence-corrected chi connectivity index (χ2v) is 6.02. The topological polar surface area (TPSA) is 66.4 Å². The van der Waals surface area contributed by atoms with Crippen LogP contribution in [0.2, 0.25) is 5.02 Å². The fraction of sp³-hybridized carbons (Fsp3) is 0.333. The third-order valence-corrected chi connectivity index (χ3v) is 4.27. The average molecular weight is 367 g/mol. The van der Waals surface area contributed by atoms with Gasteiger partial charge in [0.15, 0.2) is 0 Å². The number of carbonyl (C=O) groups excluding carboxylic acids is 1. The lowest BCUT2D eigenvalue weighted by atomic mass is 10.1. The van der Waals surface area contributed by atoms with Crippen LogP contribution in [0.5, 0.6) is 0 Å². The number of aliphatic carboxylic acids is 1. The van der Waals surface area contributed by atoms with Crippen LogP contribution in [0, 0.1) is 0 Å². The lowest BCUT2D eigenvalue weighted by Gasteiger charge is -2.14. The van der Waals surface area contributed by atoms with E-state index in [9.17, 15) is 9.59 Å². The van der Waals surface area contributed by atoms with E-state index in [1.165, 1.54) is 17.8 Å². The first-order valence-corrected chi connectivity index (χ1v) is 8.00. The number of thioether (sulfide) groups is 1. The summed E-state index contributed by atoms with van der Waals surface area (Å²) in [6.45, 7) is 0. The van der Waals surface area contributed by atoms with Gasteiger partial charge in [-0.3, -0.25) is 4.79 Å². The van der Waals surface area contributed by atoms with E-state index in [2.05, 4.69) is 21.2 Å². The van der Waals surface area contributed by atoms with Gasteiger partial charge in [-0.25, -0.2) is 4.79 Å². The molecule has 0 aliphatic carbocycles. The molecule has 1 aromatic rings. The van der Waals surface area contributed by atoms with Crippen LogP contribution < -0.4 is 5.32 Å². The fourth-order valence-electron chi connectivity index (χ4n) is 1.37. The lowest BCUT2D eigenvalue weighted by molar-refractivity contribution is -0.139. The predicted octanol–water partition coefficient (Wildman–Crippen LogP) is 3.04. The summed E-state index contributed by atoms with van der Waals surface area (Å²) in [7, 11) is 0. The van der Waals surface area contributed by atoms with Gasteiger partial charge in [-0.15, -0.1) is 0 Å². The number of amides is 1. The van der Waals surface area contributed by atoms with Gasteiger partial charge in [0.25, 0.3) is 5.91 Å². The van der Waals surface area contributed by atoms with Crippen molar-refractivity contribution < 1.29 is 14.7 Å². The van der Waals surface area contributed by atoms with Crippen LogP contribution in [0.1, 0.15) is 16.8 Å². The summed E-state index contributed by atoms with van der Waals surface area (Å²) < 4.78 is 0.683. The molecule has 0 aliphatic heterocycles. The van der Waals surface area contributed by atoms with Crippen molar-refractivity contribution in [3.63, 3.8) is 0 Å². The normalized spacial score (nSPS) is 11.9. The number of hydrogen-bond donors (Lipinski definition) is 2. The first-order valence-electron chi connectivity index (χ1n) is 5.43. The molecule has 0 aromatic heterocycles. The van der Waals surface area contributed by atoms with E-state index in [1.54, 1.807) is 12.1 Å². The zero-order valence-electron chi connectivity index (χ0n) is 10.2. The molecule has 0 saturated heterocycles. The molecule has 0 bridgehead atoms. The smallest absolute Gasteiger partial charge is 0.326 e. The Hall–Kier alpha value is -0.720. The lowest BCUT2D eigenvalue weighted by Crippen LogP contribution is -2.41. The quantitative estimate of drug-likeness (QED) is 0.812. The van der Waals surface area contributed by atoms with Crippen molar-refractivity contribution in [2.24, 2.45) is 0 Å². The van der Waals surface area contributed by atoms with Crippen molar-refractivity contribution in [2.45, 2.75) is 12.5 Å². The molecule has 1 aromatic carbocycles. The standard InChI is InChI=1S/C12H13BrClNO3S/c1-19-5-4-10(12(17)18)15-11(16)7-2-3-8(13)9(14)6-7/h2-3,6,10H,4-5H2,1H3,(H,15,16)(H,17,18)/t10-/m0/s1. The van der Waals surface area contributed by atoms with E-state index in [1.807, 2.05) is 6.26 Å². The van der Waals surface area contributed by atoms with E-state index in [4.69, 9.17) is 16.7 Å². The fourth-order valence-corrected chi connectivity index (χ4v) is 2.27. The third kappa shape index (κ3) is 5.04. The first-order chi connectivity index (χ1) is 8.95. The third-order valence-electron chi connectivity index (χ3n) is 2.40. The van der Waals surface area contributed by atoms with Crippen molar-refractivity contribution in [1.82, 2.24) is 5.32 Å². The highest BCUT2D eigenvalue weighted by Gasteiger charge is 2.20. The maximum atomic E-state index is 11.9. The second-order valence-electron chi connectivity index (χ2n) is 3.77. The van der Waals surface area contributed by atoms with E-state index in [0.717, 1.165) is 0 Å². The molecule has 2 N–H and O–H groups in total. The van der Waals surface area contributed by atoms with E-state index < -0.39 is 17.9 Å². The minimum absolute atomic E-state index is 0.337. The SMILES string of the molecule is CSCC[C@H](NC(=O)c1ccc(Br)c(Cl)c1)C(=O)O. The van der Waals surface area contributed by atoms with Crippen molar-refractivity contribution in [1.29, 1.82) is 0 Å². The van der Waals surface area contributed by atoms with Crippen LogP contribution in [0.25, 0.3) is 0 Å². The Morgan fingerprint density at radius 1 is 1.53 bits per heavy atom. The largest absolute Gasteiger partial charge is 0.480 e. The van der Waals surface area contributed by atoms with Crippen molar-refractivity contribution in [2.75, 3.05) is 12.0 Å². The molecule has 0 heterocycles. The summed E-state index contributed by atoms with van der Waals surface area (Å²) >= 11 is 10.7. The molecule has 0 fully saturated rings. The Bertz CT molecular complexity index is 484. The van der Waals surface area contributed by atoms with E-state index in [-0.39, 0.29) is 0 Å². The van der Waals surface area contributed by atoms with Gasteiger partial charge in [-0.1, -0.05) is 11.6 Å². The Kier molecular flexibility index (Phi) is 6.68. The Morgan fingerprint density at radius 2 is 2.21 bits per heavy atom. The number of benzene rings is 1. The Balaban J connectivity index is 2.75. The van der Waals surface area contributed by atoms with E-state index in [0.29, 0.717) is 27.2 Å². The van der Waals surface area contributed by atoms with Crippen LogP contribution in [0.15, 0.2) is 22.7 Å². The molecular formula is C12H13BrClNO3S. The van der Waals surface area contributed by atoms with Gasteiger partial charge >= 0.3 is 5.97 Å². The molecule has 4 nitrogen and oxygen atoms in total. The highest BCUT2D eigenvalue weighted by atomic mass is 79.9. The van der Waals surface area contributed by atoms with Crippen molar-refractivity contribution in [3.8, 4) is 0 Å². The summed E-state index contributed by atoms with van der Waals surface area (Å²) in [5, 5.41) is 11.9. The zero-order valence-corrected chi connectivity index (χ0v) is 13.3.